The molecule has 1 saturated heterocycles. The van der Waals surface area contributed by atoms with Crippen LogP contribution in [0.25, 0.3) is 0 Å². The molecule has 1 aromatic heterocycles. The molecule has 96 valence electrons. The normalized spacial score (nSPS) is 21.3. The lowest BCUT2D eigenvalue weighted by Gasteiger charge is -2.30. The van der Waals surface area contributed by atoms with E-state index in [0.717, 1.165) is 32.8 Å². The van der Waals surface area contributed by atoms with Gasteiger partial charge in [-0.1, -0.05) is 0 Å². The summed E-state index contributed by atoms with van der Waals surface area (Å²) in [7, 11) is 0. The summed E-state index contributed by atoms with van der Waals surface area (Å²) in [5, 5.41) is 3.59. The molecule has 0 bridgehead atoms. The first-order chi connectivity index (χ1) is 8.25. The van der Waals surface area contributed by atoms with Crippen molar-refractivity contribution in [1.29, 1.82) is 0 Å². The van der Waals surface area contributed by atoms with Gasteiger partial charge in [0, 0.05) is 37.3 Å². The Morgan fingerprint density at radius 1 is 1.35 bits per heavy atom. The number of nitrogens with one attached hydrogen (secondary N) is 1. The second kappa shape index (κ2) is 6.19. The number of furan rings is 1. The molecule has 0 saturated carbocycles. The molecule has 2 atom stereocenters. The van der Waals surface area contributed by atoms with Gasteiger partial charge in [0.25, 0.3) is 0 Å². The van der Waals surface area contributed by atoms with Gasteiger partial charge in [0.15, 0.2) is 0 Å². The van der Waals surface area contributed by atoms with E-state index in [-0.39, 0.29) is 0 Å². The highest BCUT2D eigenvalue weighted by Gasteiger charge is 2.15. The third-order valence-corrected chi connectivity index (χ3v) is 3.21. The van der Waals surface area contributed by atoms with E-state index in [4.69, 9.17) is 9.15 Å². The Kier molecular flexibility index (Phi) is 4.59. The van der Waals surface area contributed by atoms with Crippen LogP contribution in [-0.2, 0) is 4.74 Å². The highest BCUT2D eigenvalue weighted by Crippen LogP contribution is 2.13. The Morgan fingerprint density at radius 2 is 2.12 bits per heavy atom. The smallest absolute Gasteiger partial charge is 0.0950 e. The minimum absolute atomic E-state index is 0.338. The molecule has 0 aliphatic carbocycles. The molecule has 0 spiro atoms. The minimum atomic E-state index is 0.338. The van der Waals surface area contributed by atoms with E-state index in [1.54, 1.807) is 12.5 Å². The molecule has 17 heavy (non-hydrogen) atoms. The SMILES string of the molecule is CC(CN1CCOCC1)NC(C)c1ccoc1. The molecule has 1 aliphatic heterocycles. The molecule has 1 fully saturated rings. The fraction of sp³-hybridized carbons (Fsp3) is 0.692. The van der Waals surface area contributed by atoms with E-state index in [1.807, 2.05) is 6.07 Å². The van der Waals surface area contributed by atoms with Crippen molar-refractivity contribution in [2.45, 2.75) is 25.9 Å². The molecule has 4 heteroatoms. The van der Waals surface area contributed by atoms with Crippen LogP contribution in [0.3, 0.4) is 0 Å². The van der Waals surface area contributed by atoms with Crippen molar-refractivity contribution >= 4 is 0 Å². The minimum Gasteiger partial charge on any atom is -0.472 e. The van der Waals surface area contributed by atoms with E-state index in [0.29, 0.717) is 12.1 Å². The predicted octanol–water partition coefficient (Wildman–Crippen LogP) is 1.65. The summed E-state index contributed by atoms with van der Waals surface area (Å²) in [5.74, 6) is 0. The van der Waals surface area contributed by atoms with Gasteiger partial charge in [-0.25, -0.2) is 0 Å². The maximum absolute atomic E-state index is 5.35. The van der Waals surface area contributed by atoms with Crippen molar-refractivity contribution in [3.8, 4) is 0 Å². The zero-order chi connectivity index (χ0) is 12.1. The standard InChI is InChI=1S/C13H22N2O2/c1-11(9-15-4-7-16-8-5-15)14-12(2)13-3-6-17-10-13/h3,6,10-12,14H,4-5,7-9H2,1-2H3. The van der Waals surface area contributed by atoms with Crippen molar-refractivity contribution in [1.82, 2.24) is 10.2 Å². The maximum Gasteiger partial charge on any atom is 0.0950 e. The molecule has 4 nitrogen and oxygen atoms in total. The molecule has 1 aliphatic rings. The molecule has 1 aromatic rings. The third-order valence-electron chi connectivity index (χ3n) is 3.21. The zero-order valence-electron chi connectivity index (χ0n) is 10.7. The number of hydrogen-bond acceptors (Lipinski definition) is 4. The summed E-state index contributed by atoms with van der Waals surface area (Å²) >= 11 is 0. The number of morpholine rings is 1. The predicted molar refractivity (Wildman–Crippen MR) is 67.0 cm³/mol. The zero-order valence-corrected chi connectivity index (χ0v) is 10.7. The van der Waals surface area contributed by atoms with E-state index in [2.05, 4.69) is 24.1 Å². The average Bonchev–Trinajstić information content (AvgIpc) is 2.83. The topological polar surface area (TPSA) is 37.6 Å². The third kappa shape index (κ3) is 3.84. The van der Waals surface area contributed by atoms with Crippen molar-refractivity contribution in [3.63, 3.8) is 0 Å². The average molecular weight is 238 g/mol. The molecule has 0 radical (unpaired) electrons. The van der Waals surface area contributed by atoms with Gasteiger partial charge >= 0.3 is 0 Å². The number of nitrogens with zero attached hydrogens (tertiary/aromatic N) is 1. The van der Waals surface area contributed by atoms with Gasteiger partial charge in [-0.05, 0) is 19.9 Å². The van der Waals surface area contributed by atoms with Crippen LogP contribution in [0, 0.1) is 0 Å². The van der Waals surface area contributed by atoms with E-state index in [1.165, 1.54) is 5.56 Å². The van der Waals surface area contributed by atoms with E-state index < -0.39 is 0 Å². The van der Waals surface area contributed by atoms with Gasteiger partial charge in [0.1, 0.15) is 0 Å². The second-order valence-electron chi connectivity index (χ2n) is 4.76. The van der Waals surface area contributed by atoms with Crippen LogP contribution in [0.15, 0.2) is 23.0 Å². The van der Waals surface area contributed by atoms with Gasteiger partial charge in [0.05, 0.1) is 25.7 Å². The Hall–Kier alpha value is -0.840. The lowest BCUT2D eigenvalue weighted by molar-refractivity contribution is 0.0339. The van der Waals surface area contributed by atoms with Gasteiger partial charge in [-0.3, -0.25) is 4.90 Å². The van der Waals surface area contributed by atoms with Crippen molar-refractivity contribution in [2.24, 2.45) is 0 Å². The number of rotatable bonds is 5. The largest absolute Gasteiger partial charge is 0.472 e. The molecule has 2 rings (SSSR count). The van der Waals surface area contributed by atoms with Gasteiger partial charge in [-0.15, -0.1) is 0 Å². The van der Waals surface area contributed by atoms with E-state index >= 15 is 0 Å². The Morgan fingerprint density at radius 3 is 2.76 bits per heavy atom. The van der Waals surface area contributed by atoms with Crippen LogP contribution in [0.5, 0.6) is 0 Å². The van der Waals surface area contributed by atoms with Crippen molar-refractivity contribution in [3.05, 3.63) is 24.2 Å². The first-order valence-electron chi connectivity index (χ1n) is 6.34. The lowest BCUT2D eigenvalue weighted by Crippen LogP contribution is -2.44. The van der Waals surface area contributed by atoms with E-state index in [9.17, 15) is 0 Å². The summed E-state index contributed by atoms with van der Waals surface area (Å²) in [4.78, 5) is 2.45. The maximum atomic E-state index is 5.35. The summed E-state index contributed by atoms with van der Waals surface area (Å²) < 4.78 is 10.4. The molecule has 2 heterocycles. The van der Waals surface area contributed by atoms with Gasteiger partial charge in [-0.2, -0.15) is 0 Å². The fourth-order valence-electron chi connectivity index (χ4n) is 2.27. The molecule has 0 amide bonds. The first-order valence-corrected chi connectivity index (χ1v) is 6.34. The Bertz CT molecular complexity index is 307. The Balaban J connectivity index is 1.74. The highest BCUT2D eigenvalue weighted by molar-refractivity contribution is 5.10. The molecule has 1 N–H and O–H groups in total. The van der Waals surface area contributed by atoms with Crippen LogP contribution in [0.4, 0.5) is 0 Å². The van der Waals surface area contributed by atoms with Crippen LogP contribution in [-0.4, -0.2) is 43.8 Å². The second-order valence-corrected chi connectivity index (χ2v) is 4.76. The highest BCUT2D eigenvalue weighted by atomic mass is 16.5. The Labute approximate surface area is 103 Å². The fourth-order valence-corrected chi connectivity index (χ4v) is 2.27. The van der Waals surface area contributed by atoms with Crippen molar-refractivity contribution < 1.29 is 9.15 Å². The van der Waals surface area contributed by atoms with Crippen LogP contribution in [0.1, 0.15) is 25.5 Å². The first kappa shape index (κ1) is 12.6. The molecule has 0 aromatic carbocycles. The van der Waals surface area contributed by atoms with Gasteiger partial charge < -0.3 is 14.5 Å². The van der Waals surface area contributed by atoms with Crippen molar-refractivity contribution in [2.75, 3.05) is 32.8 Å². The quantitative estimate of drug-likeness (QED) is 0.846. The molecular weight excluding hydrogens is 216 g/mol. The summed E-state index contributed by atoms with van der Waals surface area (Å²) in [6, 6.07) is 2.82. The number of hydrogen-bond donors (Lipinski definition) is 1. The monoisotopic (exact) mass is 238 g/mol. The number of ether oxygens (including phenoxy) is 1. The van der Waals surface area contributed by atoms with Crippen LogP contribution >= 0.6 is 0 Å². The summed E-state index contributed by atoms with van der Waals surface area (Å²) in [5.41, 5.74) is 1.21. The molecule has 2 unspecified atom stereocenters. The lowest BCUT2D eigenvalue weighted by atomic mass is 10.1. The molecular formula is C13H22N2O2. The van der Waals surface area contributed by atoms with Gasteiger partial charge in [0.2, 0.25) is 0 Å². The summed E-state index contributed by atoms with van der Waals surface area (Å²) in [6.07, 6.45) is 3.53. The van der Waals surface area contributed by atoms with Crippen LogP contribution in [0.2, 0.25) is 0 Å². The van der Waals surface area contributed by atoms with Crippen LogP contribution < -0.4 is 5.32 Å². The summed E-state index contributed by atoms with van der Waals surface area (Å²) in [6.45, 7) is 9.30.